The molecule has 3 atom stereocenters. The minimum absolute atomic E-state index is 0.225. The van der Waals surface area contributed by atoms with Crippen LogP contribution in [0.25, 0.3) is 0 Å². The second kappa shape index (κ2) is 7.84. The molecule has 0 aromatic heterocycles. The molecule has 0 saturated heterocycles. The predicted octanol–water partition coefficient (Wildman–Crippen LogP) is 2.45. The SMILES string of the molecule is COC1CCCC(NC(C)CNC(=O)OC(C)(C)C)C1. The van der Waals surface area contributed by atoms with Crippen LogP contribution in [-0.4, -0.2) is 43.5 Å². The molecule has 1 amide bonds. The molecule has 0 aliphatic heterocycles. The lowest BCUT2D eigenvalue weighted by atomic mass is 9.92. The first-order chi connectivity index (χ1) is 9.30. The summed E-state index contributed by atoms with van der Waals surface area (Å²) >= 11 is 0. The summed E-state index contributed by atoms with van der Waals surface area (Å²) in [5.41, 5.74) is -0.449. The Morgan fingerprint density at radius 3 is 2.65 bits per heavy atom. The van der Waals surface area contributed by atoms with Gasteiger partial charge in [0.05, 0.1) is 6.10 Å². The molecule has 20 heavy (non-hydrogen) atoms. The summed E-state index contributed by atoms with van der Waals surface area (Å²) in [5.74, 6) is 0. The quantitative estimate of drug-likeness (QED) is 0.815. The van der Waals surface area contributed by atoms with Gasteiger partial charge in [0, 0.05) is 25.7 Å². The normalized spacial score (nSPS) is 25.1. The van der Waals surface area contributed by atoms with E-state index in [0.717, 1.165) is 12.8 Å². The van der Waals surface area contributed by atoms with Crippen molar-refractivity contribution in [1.82, 2.24) is 10.6 Å². The standard InChI is InChI=1S/C15H30N2O3/c1-11(10-16-14(18)20-15(2,3)4)17-12-7-6-8-13(9-12)19-5/h11-13,17H,6-10H2,1-5H3,(H,16,18). The highest BCUT2D eigenvalue weighted by Gasteiger charge is 2.23. The zero-order valence-electron chi connectivity index (χ0n) is 13.5. The Bertz CT molecular complexity index is 302. The van der Waals surface area contributed by atoms with E-state index in [2.05, 4.69) is 17.6 Å². The number of rotatable bonds is 5. The van der Waals surface area contributed by atoms with E-state index in [1.807, 2.05) is 20.8 Å². The highest BCUT2D eigenvalue weighted by molar-refractivity contribution is 5.67. The van der Waals surface area contributed by atoms with Crippen molar-refractivity contribution in [2.75, 3.05) is 13.7 Å². The summed E-state index contributed by atoms with van der Waals surface area (Å²) in [6, 6.07) is 0.701. The molecular weight excluding hydrogens is 256 g/mol. The van der Waals surface area contributed by atoms with Crippen molar-refractivity contribution in [3.63, 3.8) is 0 Å². The third-order valence-electron chi connectivity index (χ3n) is 3.43. The lowest BCUT2D eigenvalue weighted by Gasteiger charge is -2.31. The molecule has 1 aliphatic carbocycles. The molecular formula is C15H30N2O3. The number of carbonyl (C=O) groups excluding carboxylic acids is 1. The molecule has 118 valence electrons. The molecule has 0 heterocycles. The van der Waals surface area contributed by atoms with Crippen molar-refractivity contribution >= 4 is 6.09 Å². The predicted molar refractivity (Wildman–Crippen MR) is 79.9 cm³/mol. The number of nitrogens with one attached hydrogen (secondary N) is 2. The van der Waals surface area contributed by atoms with Gasteiger partial charge in [-0.3, -0.25) is 0 Å². The van der Waals surface area contributed by atoms with Gasteiger partial charge < -0.3 is 20.1 Å². The van der Waals surface area contributed by atoms with E-state index in [4.69, 9.17) is 9.47 Å². The summed E-state index contributed by atoms with van der Waals surface area (Å²) in [6.45, 7) is 8.24. The molecule has 2 N–H and O–H groups in total. The summed E-state index contributed by atoms with van der Waals surface area (Å²) in [7, 11) is 1.78. The maximum Gasteiger partial charge on any atom is 0.407 e. The van der Waals surface area contributed by atoms with Crippen LogP contribution in [0, 0.1) is 0 Å². The number of ether oxygens (including phenoxy) is 2. The maximum absolute atomic E-state index is 11.6. The fraction of sp³-hybridized carbons (Fsp3) is 0.933. The summed E-state index contributed by atoms with van der Waals surface area (Å²) < 4.78 is 10.6. The molecule has 0 bridgehead atoms. The molecule has 0 aromatic carbocycles. The molecule has 5 heteroatoms. The third kappa shape index (κ3) is 7.10. The van der Waals surface area contributed by atoms with Gasteiger partial charge in [-0.1, -0.05) is 0 Å². The van der Waals surface area contributed by atoms with Gasteiger partial charge in [0.25, 0.3) is 0 Å². The second-order valence-corrected chi connectivity index (χ2v) is 6.67. The largest absolute Gasteiger partial charge is 0.444 e. The van der Waals surface area contributed by atoms with Crippen LogP contribution in [0.5, 0.6) is 0 Å². The monoisotopic (exact) mass is 286 g/mol. The number of hydrogen-bond donors (Lipinski definition) is 2. The Morgan fingerprint density at radius 1 is 1.35 bits per heavy atom. The van der Waals surface area contributed by atoms with Gasteiger partial charge in [-0.15, -0.1) is 0 Å². The van der Waals surface area contributed by atoms with Crippen LogP contribution in [-0.2, 0) is 9.47 Å². The van der Waals surface area contributed by atoms with Gasteiger partial charge >= 0.3 is 6.09 Å². The van der Waals surface area contributed by atoms with Crippen LogP contribution in [0.4, 0.5) is 4.79 Å². The van der Waals surface area contributed by atoms with Crippen molar-refractivity contribution < 1.29 is 14.3 Å². The first-order valence-electron chi connectivity index (χ1n) is 7.56. The lowest BCUT2D eigenvalue weighted by Crippen LogP contribution is -2.47. The highest BCUT2D eigenvalue weighted by Crippen LogP contribution is 2.20. The Kier molecular flexibility index (Phi) is 6.76. The van der Waals surface area contributed by atoms with Crippen LogP contribution < -0.4 is 10.6 Å². The molecule has 1 aliphatic rings. The van der Waals surface area contributed by atoms with Gasteiger partial charge in [0.1, 0.15) is 5.60 Å². The van der Waals surface area contributed by atoms with Gasteiger partial charge in [-0.2, -0.15) is 0 Å². The van der Waals surface area contributed by atoms with Crippen LogP contribution in [0.2, 0.25) is 0 Å². The van der Waals surface area contributed by atoms with Crippen molar-refractivity contribution in [2.45, 2.75) is 77.2 Å². The van der Waals surface area contributed by atoms with E-state index in [1.54, 1.807) is 7.11 Å². The fourth-order valence-electron chi connectivity index (χ4n) is 2.52. The van der Waals surface area contributed by atoms with Gasteiger partial charge in [-0.05, 0) is 53.4 Å². The third-order valence-corrected chi connectivity index (χ3v) is 3.43. The number of carbonyl (C=O) groups is 1. The van der Waals surface area contributed by atoms with E-state index < -0.39 is 5.60 Å². The Balaban J connectivity index is 2.22. The fourth-order valence-corrected chi connectivity index (χ4v) is 2.52. The molecule has 1 rings (SSSR count). The Morgan fingerprint density at radius 2 is 2.05 bits per heavy atom. The summed E-state index contributed by atoms with van der Waals surface area (Å²) in [5, 5.41) is 6.35. The Labute approximate surface area is 122 Å². The van der Waals surface area contributed by atoms with Crippen LogP contribution >= 0.6 is 0 Å². The average Bonchev–Trinajstić information content (AvgIpc) is 2.34. The first kappa shape index (κ1) is 17.2. The van der Waals surface area contributed by atoms with Crippen molar-refractivity contribution in [3.8, 4) is 0 Å². The zero-order valence-corrected chi connectivity index (χ0v) is 13.5. The molecule has 0 aromatic rings. The summed E-state index contributed by atoms with van der Waals surface area (Å²) in [6.07, 6.45) is 4.59. The molecule has 1 saturated carbocycles. The zero-order chi connectivity index (χ0) is 15.2. The number of amides is 1. The maximum atomic E-state index is 11.6. The molecule has 3 unspecified atom stereocenters. The van der Waals surface area contributed by atoms with E-state index >= 15 is 0 Å². The smallest absolute Gasteiger partial charge is 0.407 e. The lowest BCUT2D eigenvalue weighted by molar-refractivity contribution is 0.0503. The highest BCUT2D eigenvalue weighted by atomic mass is 16.6. The topological polar surface area (TPSA) is 59.6 Å². The average molecular weight is 286 g/mol. The van der Waals surface area contributed by atoms with Crippen molar-refractivity contribution in [3.05, 3.63) is 0 Å². The van der Waals surface area contributed by atoms with Crippen molar-refractivity contribution in [1.29, 1.82) is 0 Å². The minimum Gasteiger partial charge on any atom is -0.444 e. The van der Waals surface area contributed by atoms with Crippen LogP contribution in [0.1, 0.15) is 53.4 Å². The first-order valence-corrected chi connectivity index (χ1v) is 7.56. The van der Waals surface area contributed by atoms with E-state index in [9.17, 15) is 4.79 Å². The molecule has 1 fully saturated rings. The number of methoxy groups -OCH3 is 1. The van der Waals surface area contributed by atoms with Gasteiger partial charge in [0.2, 0.25) is 0 Å². The molecule has 0 radical (unpaired) electrons. The molecule has 5 nitrogen and oxygen atoms in total. The van der Waals surface area contributed by atoms with Gasteiger partial charge in [0.15, 0.2) is 0 Å². The number of hydrogen-bond acceptors (Lipinski definition) is 4. The minimum atomic E-state index is -0.449. The van der Waals surface area contributed by atoms with Gasteiger partial charge in [-0.25, -0.2) is 4.79 Å². The van der Waals surface area contributed by atoms with E-state index in [1.165, 1.54) is 12.8 Å². The summed E-state index contributed by atoms with van der Waals surface area (Å²) in [4.78, 5) is 11.6. The Hall–Kier alpha value is -0.810. The second-order valence-electron chi connectivity index (χ2n) is 6.67. The van der Waals surface area contributed by atoms with E-state index in [-0.39, 0.29) is 12.1 Å². The number of alkyl carbamates (subject to hydrolysis) is 1. The van der Waals surface area contributed by atoms with Crippen LogP contribution in [0.15, 0.2) is 0 Å². The van der Waals surface area contributed by atoms with Crippen LogP contribution in [0.3, 0.4) is 0 Å². The van der Waals surface area contributed by atoms with Crippen molar-refractivity contribution in [2.24, 2.45) is 0 Å². The molecule has 0 spiro atoms. The van der Waals surface area contributed by atoms with E-state index in [0.29, 0.717) is 18.7 Å².